The van der Waals surface area contributed by atoms with Crippen LogP contribution in [-0.2, 0) is 86.5 Å². The third-order valence-corrected chi connectivity index (χ3v) is 26.9. The fourth-order valence-corrected chi connectivity index (χ4v) is 21.8. The molecule has 0 atom stereocenters. The second kappa shape index (κ2) is 28.1. The van der Waals surface area contributed by atoms with E-state index in [4.69, 9.17) is 19.9 Å². The van der Waals surface area contributed by atoms with E-state index >= 15 is 4.57 Å². The quantitative estimate of drug-likeness (QED) is 0.0491. The Labute approximate surface area is 596 Å². The van der Waals surface area contributed by atoms with Gasteiger partial charge in [-0.1, -0.05) is 0 Å². The molecular weight excluding hydrogens is 1400 g/mol. The molecule has 98 heavy (non-hydrogen) atoms. The molecule has 7 nitrogen and oxygen atoms in total. The van der Waals surface area contributed by atoms with E-state index in [0.29, 0.717) is 29.6 Å². The topological polar surface area (TPSA) is 75.3 Å². The van der Waals surface area contributed by atoms with Crippen LogP contribution < -0.4 is 18.5 Å². The van der Waals surface area contributed by atoms with Crippen LogP contribution in [0.25, 0.3) is 110 Å². The summed E-state index contributed by atoms with van der Waals surface area (Å²) in [5.74, 6) is 2.27. The predicted molar refractivity (Wildman–Crippen MR) is 424 cm³/mol. The Balaban J connectivity index is 1.14. The summed E-state index contributed by atoms with van der Waals surface area (Å²) >= 11 is -0.160. The zero-order chi connectivity index (χ0) is 68.3. The number of benzene rings is 12. The van der Waals surface area contributed by atoms with Crippen molar-refractivity contribution in [3.05, 3.63) is 235 Å². The van der Waals surface area contributed by atoms with E-state index in [0.717, 1.165) is 191 Å². The van der Waals surface area contributed by atoms with Gasteiger partial charge in [0.2, 0.25) is 0 Å². The number of aryl methyl sites for hydroxylation is 11. The minimum absolute atomic E-state index is 0.380. The second-order valence-corrected chi connectivity index (χ2v) is 32.2. The van der Waals surface area contributed by atoms with Crippen LogP contribution in [0.2, 0.25) is 0 Å². The van der Waals surface area contributed by atoms with Crippen molar-refractivity contribution in [1.82, 2.24) is 3.30 Å². The zero-order valence-electron chi connectivity index (χ0n) is 58.7. The van der Waals surface area contributed by atoms with Crippen molar-refractivity contribution in [2.24, 2.45) is 0 Å². The molecule has 0 saturated heterocycles. The molecule has 0 saturated carbocycles. The van der Waals surface area contributed by atoms with E-state index in [9.17, 15) is 0 Å². The van der Waals surface area contributed by atoms with E-state index in [1.165, 1.54) is 61.2 Å². The summed E-state index contributed by atoms with van der Waals surface area (Å²) < 4.78 is 61.2. The summed E-state index contributed by atoms with van der Waals surface area (Å²) in [4.78, 5) is 0. The Morgan fingerprint density at radius 3 is 0.980 bits per heavy atom. The summed E-state index contributed by atoms with van der Waals surface area (Å²) in [6.07, 6.45) is 9.01. The molecule has 0 spiro atoms. The van der Waals surface area contributed by atoms with Gasteiger partial charge in [-0.2, -0.15) is 0 Å². The van der Waals surface area contributed by atoms with Gasteiger partial charge in [0.05, 0.1) is 0 Å². The van der Waals surface area contributed by atoms with Crippen molar-refractivity contribution in [2.45, 2.75) is 153 Å². The summed E-state index contributed by atoms with van der Waals surface area (Å²) in [6.45, 7) is 25.0. The number of hydrogen-bond donors (Lipinski definition) is 1. The van der Waals surface area contributed by atoms with Crippen LogP contribution in [0.1, 0.15) is 143 Å². The molecule has 12 aromatic rings. The van der Waals surface area contributed by atoms with Gasteiger partial charge in [-0.25, -0.2) is 0 Å². The second-order valence-electron chi connectivity index (χ2n) is 26.2. The molecule has 0 aromatic heterocycles. The van der Waals surface area contributed by atoms with E-state index < -0.39 is 28.7 Å². The standard InChI is InChI=1S/C88H88BrINO6P/c1-13-52-38-56(17-5)77(57(18-6)39-52)74-50-66-46-68(89)36-37-72(66)82-81-69-33-27-24-30-63(69)47-73(80-62(23-11)44-55(16-4)45-67(80)51-93-12)85(81)94-90(95-86(74)82)91-98(92)96-87-75(78-58(19-7)40-53(14-2)41-59(78)20-8)48-64-31-25-28-34-70(64)83(87)84-71-35-29-26-32-65(71)49-76(88(84)97-98)79-60(21-9)42-54(15-3)43-61(79)22-10/h24-50H,13-23,51H2,1-12H3,(H,91,92). The molecule has 2 aliphatic heterocycles. The summed E-state index contributed by atoms with van der Waals surface area (Å²) in [5.41, 5.74) is 26.0. The number of methoxy groups -OCH3 is 1. The van der Waals surface area contributed by atoms with Crippen LogP contribution in [0.3, 0.4) is 0 Å². The van der Waals surface area contributed by atoms with Crippen molar-refractivity contribution >= 4 is 87.7 Å². The molecule has 2 aliphatic rings. The van der Waals surface area contributed by atoms with Gasteiger partial charge < -0.3 is 0 Å². The molecular formula is C88H88BrINO6P. The molecule has 12 aromatic carbocycles. The Morgan fingerprint density at radius 1 is 0.347 bits per heavy atom. The van der Waals surface area contributed by atoms with Crippen molar-refractivity contribution in [2.75, 3.05) is 7.11 Å². The normalized spacial score (nSPS) is 13.5. The first-order chi connectivity index (χ1) is 47.8. The van der Waals surface area contributed by atoms with Crippen LogP contribution in [0.15, 0.2) is 168 Å². The van der Waals surface area contributed by atoms with Crippen molar-refractivity contribution in [3.8, 4) is 89.8 Å². The third-order valence-electron chi connectivity index (χ3n) is 20.6. The fraction of sp³-hybridized carbons (Fsp3) is 0.273. The molecule has 0 aliphatic carbocycles. The molecule has 1 N–H and O–H groups in total. The zero-order valence-corrected chi connectivity index (χ0v) is 63.4. The third kappa shape index (κ3) is 11.8. The predicted octanol–water partition coefficient (Wildman–Crippen LogP) is 25.6. The number of ether oxygens (including phenoxy) is 1. The van der Waals surface area contributed by atoms with E-state index in [1.54, 1.807) is 7.11 Å². The average molecular weight is 1490 g/mol. The van der Waals surface area contributed by atoms with Crippen LogP contribution in [-0.4, -0.2) is 7.11 Å². The molecule has 0 radical (unpaired) electrons. The Morgan fingerprint density at radius 2 is 0.643 bits per heavy atom. The van der Waals surface area contributed by atoms with E-state index in [1.807, 2.05) is 0 Å². The van der Waals surface area contributed by atoms with Crippen LogP contribution in [0.5, 0.6) is 23.0 Å². The van der Waals surface area contributed by atoms with Gasteiger partial charge in [-0.15, -0.1) is 0 Å². The molecule has 0 amide bonds. The molecule has 14 rings (SSSR count). The average Bonchev–Trinajstić information content (AvgIpc) is 1.42. The maximum atomic E-state index is 18.3. The first kappa shape index (κ1) is 67.4. The van der Waals surface area contributed by atoms with Crippen molar-refractivity contribution in [1.29, 1.82) is 0 Å². The summed E-state index contributed by atoms with van der Waals surface area (Å²) in [5, 5.41) is 8.10. The molecule has 0 bridgehead atoms. The SMILES string of the molecule is CCc1cc(CC)c(-c2cc3cc(Br)ccc3c3c2OI(NP2(=O)Oc4c(-c5c(CC)cc(CC)cc5CC)cc5ccccc5c4-c4c(c(-c5c(CC)cc(CC)cc5CC)cc5ccccc45)O2)Oc2c(-c4c(CC)cc(CC)cc4COC)cc4ccccc4c2-3)c(CC)c1. The Hall–Kier alpha value is -7.76. The number of fused-ring (bicyclic) bond motifs is 14. The number of hydrogen-bond acceptors (Lipinski definition) is 6. The molecule has 0 fully saturated rings. The van der Waals surface area contributed by atoms with Gasteiger partial charge in [0.25, 0.3) is 0 Å². The minimum atomic E-state index is -4.83. The number of nitrogens with one attached hydrogen (secondary N) is 1. The van der Waals surface area contributed by atoms with Gasteiger partial charge in [0, 0.05) is 0 Å². The van der Waals surface area contributed by atoms with Gasteiger partial charge in [-0.3, -0.25) is 0 Å². The number of halogens is 2. The molecule has 0 unspecified atom stereocenters. The first-order valence-corrected chi connectivity index (χ1v) is 40.8. The molecule has 10 heteroatoms. The monoisotopic (exact) mass is 1490 g/mol. The number of rotatable bonds is 19. The summed E-state index contributed by atoms with van der Waals surface area (Å²) in [7, 11) is -3.05. The van der Waals surface area contributed by atoms with Gasteiger partial charge in [-0.05, 0) is 0 Å². The Bertz CT molecular complexity index is 4990. The van der Waals surface area contributed by atoms with Crippen LogP contribution >= 0.6 is 44.6 Å². The van der Waals surface area contributed by atoms with Crippen LogP contribution in [0.4, 0.5) is 0 Å². The van der Waals surface area contributed by atoms with E-state index in [2.05, 4.69) is 259 Å². The van der Waals surface area contributed by atoms with Crippen molar-refractivity contribution < 1.29 is 24.5 Å². The Kier molecular flexibility index (Phi) is 19.3. The van der Waals surface area contributed by atoms with Crippen LogP contribution in [0, 0.1) is 0 Å². The summed E-state index contributed by atoms with van der Waals surface area (Å²) in [6, 6.07) is 60.5. The van der Waals surface area contributed by atoms with Gasteiger partial charge in [0.1, 0.15) is 0 Å². The molecule has 2 heterocycles. The van der Waals surface area contributed by atoms with Crippen molar-refractivity contribution in [3.63, 3.8) is 0 Å². The maximum absolute atomic E-state index is 18.3. The fourth-order valence-electron chi connectivity index (χ4n) is 15.8. The van der Waals surface area contributed by atoms with Gasteiger partial charge >= 0.3 is 601 Å². The van der Waals surface area contributed by atoms with E-state index in [-0.39, 0.29) is 0 Å². The first-order valence-electron chi connectivity index (χ1n) is 35.6. The van der Waals surface area contributed by atoms with Gasteiger partial charge in [0.15, 0.2) is 0 Å². The molecule has 500 valence electrons.